The first-order valence-corrected chi connectivity index (χ1v) is 8.49. The highest BCUT2D eigenvalue weighted by Gasteiger charge is 2.21. The lowest BCUT2D eigenvalue weighted by Crippen LogP contribution is -2.47. The summed E-state index contributed by atoms with van der Waals surface area (Å²) in [5, 5.41) is 16.0. The lowest BCUT2D eigenvalue weighted by molar-refractivity contribution is -0.139. The van der Waals surface area contributed by atoms with Gasteiger partial charge in [0.05, 0.1) is 12.2 Å². The van der Waals surface area contributed by atoms with Gasteiger partial charge in [0.2, 0.25) is 0 Å². The number of aryl methyl sites for hydroxylation is 2. The first-order chi connectivity index (χ1) is 10.3. The van der Waals surface area contributed by atoms with Gasteiger partial charge in [0.15, 0.2) is 0 Å². The van der Waals surface area contributed by atoms with E-state index in [4.69, 9.17) is 5.11 Å². The van der Waals surface area contributed by atoms with Gasteiger partial charge in [0, 0.05) is 19.3 Å². The first-order valence-electron chi connectivity index (χ1n) is 7.09. The maximum Gasteiger partial charge on any atom is 0.326 e. The van der Waals surface area contributed by atoms with Crippen molar-refractivity contribution in [3.8, 4) is 0 Å². The van der Waals surface area contributed by atoms with E-state index >= 15 is 0 Å². The molecule has 0 aliphatic carbocycles. The number of carbonyl (C=O) groups excluding carboxylic acids is 1. The van der Waals surface area contributed by atoms with E-state index in [0.29, 0.717) is 25.3 Å². The molecule has 0 radical (unpaired) electrons. The molecule has 0 aromatic carbocycles. The number of rotatable bonds is 8. The fourth-order valence-electron chi connectivity index (χ4n) is 2.00. The minimum Gasteiger partial charge on any atom is -0.480 e. The number of nitrogens with one attached hydrogen (secondary N) is 1. The Morgan fingerprint density at radius 3 is 2.68 bits per heavy atom. The number of carboxylic acid groups (broad SMARTS) is 1. The Hall–Kier alpha value is -1.70. The van der Waals surface area contributed by atoms with Gasteiger partial charge >= 0.3 is 12.0 Å². The van der Waals surface area contributed by atoms with Crippen LogP contribution >= 0.6 is 11.8 Å². The normalized spacial score (nSPS) is 12.0. The van der Waals surface area contributed by atoms with E-state index in [1.54, 1.807) is 18.8 Å². The molecule has 0 aliphatic rings. The average Bonchev–Trinajstić information content (AvgIpc) is 2.78. The average molecular weight is 328 g/mol. The summed E-state index contributed by atoms with van der Waals surface area (Å²) in [5.41, 5.74) is 1.97. The predicted octanol–water partition coefficient (Wildman–Crippen LogP) is 1.35. The molecule has 0 saturated heterocycles. The number of urea groups is 1. The van der Waals surface area contributed by atoms with E-state index < -0.39 is 12.0 Å². The summed E-state index contributed by atoms with van der Waals surface area (Å²) in [4.78, 5) is 24.7. The van der Waals surface area contributed by atoms with E-state index in [1.807, 2.05) is 30.9 Å². The number of thioether (sulfide) groups is 1. The molecule has 8 heteroatoms. The molecule has 1 rings (SSSR count). The summed E-state index contributed by atoms with van der Waals surface area (Å²) in [5.74, 6) is -0.318. The Balaban J connectivity index is 2.49. The third kappa shape index (κ3) is 5.59. The topological polar surface area (TPSA) is 87.5 Å². The van der Waals surface area contributed by atoms with Gasteiger partial charge in [-0.2, -0.15) is 16.9 Å². The minimum absolute atomic E-state index is 0.380. The number of amides is 2. The third-order valence-corrected chi connectivity index (χ3v) is 3.95. The molecule has 0 spiro atoms. The van der Waals surface area contributed by atoms with Gasteiger partial charge in [-0.25, -0.2) is 9.59 Å². The summed E-state index contributed by atoms with van der Waals surface area (Å²) in [6.07, 6.45) is 2.31. The molecule has 1 aromatic heterocycles. The standard InChI is InChI=1S/C14H24N4O3S/c1-10-9-11(2)18(16-10)7-6-17(3)14(21)15-12(13(19)20)5-8-22-4/h9,12H,5-8H2,1-4H3,(H,15,21)(H,19,20)/t12-/m0/s1. The summed E-state index contributed by atoms with van der Waals surface area (Å²) in [7, 11) is 1.65. The number of aliphatic carboxylic acids is 1. The molecule has 2 N–H and O–H groups in total. The van der Waals surface area contributed by atoms with Crippen molar-refractivity contribution in [1.82, 2.24) is 20.0 Å². The molecule has 1 aromatic rings. The number of carbonyl (C=O) groups is 2. The second-order valence-electron chi connectivity index (χ2n) is 5.19. The monoisotopic (exact) mass is 328 g/mol. The summed E-state index contributed by atoms with van der Waals surface area (Å²) < 4.78 is 1.83. The Labute approximate surface area is 135 Å². The van der Waals surface area contributed by atoms with Crippen molar-refractivity contribution in [2.45, 2.75) is 32.9 Å². The van der Waals surface area contributed by atoms with Gasteiger partial charge in [0.25, 0.3) is 0 Å². The van der Waals surface area contributed by atoms with Crippen molar-refractivity contribution in [3.63, 3.8) is 0 Å². The zero-order valence-corrected chi connectivity index (χ0v) is 14.3. The molecule has 0 bridgehead atoms. The van der Waals surface area contributed by atoms with Crippen molar-refractivity contribution in [2.75, 3.05) is 25.6 Å². The molecule has 0 unspecified atom stereocenters. The summed E-state index contributed by atoms with van der Waals surface area (Å²) >= 11 is 1.55. The fraction of sp³-hybridized carbons (Fsp3) is 0.643. The van der Waals surface area contributed by atoms with Gasteiger partial charge in [-0.15, -0.1) is 0 Å². The van der Waals surface area contributed by atoms with Crippen molar-refractivity contribution in [1.29, 1.82) is 0 Å². The number of likely N-dealkylation sites (N-methyl/N-ethyl adjacent to an activating group) is 1. The van der Waals surface area contributed by atoms with Crippen LogP contribution in [0.4, 0.5) is 4.79 Å². The number of aromatic nitrogens is 2. The van der Waals surface area contributed by atoms with Crippen molar-refractivity contribution in [2.24, 2.45) is 0 Å². The van der Waals surface area contributed by atoms with Crippen LogP contribution in [-0.4, -0.2) is 63.4 Å². The molecule has 22 heavy (non-hydrogen) atoms. The molecule has 1 heterocycles. The van der Waals surface area contributed by atoms with Gasteiger partial charge in [-0.3, -0.25) is 4.68 Å². The molecular weight excluding hydrogens is 304 g/mol. The second kappa shape index (κ2) is 8.67. The van der Waals surface area contributed by atoms with Crippen LogP contribution in [0.5, 0.6) is 0 Å². The molecule has 7 nitrogen and oxygen atoms in total. The molecular formula is C14H24N4O3S. The molecule has 0 fully saturated rings. The highest BCUT2D eigenvalue weighted by molar-refractivity contribution is 7.98. The predicted molar refractivity (Wildman–Crippen MR) is 87.3 cm³/mol. The van der Waals surface area contributed by atoms with Gasteiger partial charge in [-0.05, 0) is 38.3 Å². The third-order valence-electron chi connectivity index (χ3n) is 3.30. The summed E-state index contributed by atoms with van der Waals surface area (Å²) in [6.45, 7) is 4.92. The molecule has 2 amide bonds. The van der Waals surface area contributed by atoms with Crippen LogP contribution in [0.3, 0.4) is 0 Å². The zero-order chi connectivity index (χ0) is 16.7. The van der Waals surface area contributed by atoms with Crippen LogP contribution in [0.25, 0.3) is 0 Å². The Morgan fingerprint density at radius 2 is 2.18 bits per heavy atom. The number of hydrogen-bond acceptors (Lipinski definition) is 4. The Morgan fingerprint density at radius 1 is 1.50 bits per heavy atom. The van der Waals surface area contributed by atoms with Crippen molar-refractivity contribution < 1.29 is 14.7 Å². The lowest BCUT2D eigenvalue weighted by atomic mass is 10.2. The fourth-order valence-corrected chi connectivity index (χ4v) is 2.47. The highest BCUT2D eigenvalue weighted by Crippen LogP contribution is 2.03. The second-order valence-corrected chi connectivity index (χ2v) is 6.18. The van der Waals surface area contributed by atoms with Crippen molar-refractivity contribution in [3.05, 3.63) is 17.5 Å². The van der Waals surface area contributed by atoms with E-state index in [2.05, 4.69) is 10.4 Å². The van der Waals surface area contributed by atoms with E-state index in [9.17, 15) is 9.59 Å². The maximum atomic E-state index is 12.0. The van der Waals surface area contributed by atoms with Crippen LogP contribution in [-0.2, 0) is 11.3 Å². The van der Waals surface area contributed by atoms with Crippen LogP contribution in [0, 0.1) is 13.8 Å². The largest absolute Gasteiger partial charge is 0.480 e. The van der Waals surface area contributed by atoms with Crippen molar-refractivity contribution >= 4 is 23.8 Å². The maximum absolute atomic E-state index is 12.0. The lowest BCUT2D eigenvalue weighted by Gasteiger charge is -2.21. The van der Waals surface area contributed by atoms with Gasteiger partial charge in [-0.1, -0.05) is 0 Å². The van der Waals surface area contributed by atoms with Gasteiger partial charge < -0.3 is 15.3 Å². The SMILES string of the molecule is CSCC[C@H](NC(=O)N(C)CCn1nc(C)cc1C)C(=O)O. The van der Waals surface area contributed by atoms with Crippen LogP contribution < -0.4 is 5.32 Å². The zero-order valence-electron chi connectivity index (χ0n) is 13.5. The minimum atomic E-state index is -1.01. The number of hydrogen-bond donors (Lipinski definition) is 2. The molecule has 124 valence electrons. The smallest absolute Gasteiger partial charge is 0.326 e. The van der Waals surface area contributed by atoms with Crippen LogP contribution in [0.15, 0.2) is 6.07 Å². The Kier molecular flexibility index (Phi) is 7.23. The highest BCUT2D eigenvalue weighted by atomic mass is 32.2. The Bertz CT molecular complexity index is 518. The van der Waals surface area contributed by atoms with Crippen LogP contribution in [0.1, 0.15) is 17.8 Å². The van der Waals surface area contributed by atoms with E-state index in [-0.39, 0.29) is 6.03 Å². The van der Waals surface area contributed by atoms with Gasteiger partial charge in [0.1, 0.15) is 6.04 Å². The van der Waals surface area contributed by atoms with E-state index in [0.717, 1.165) is 11.4 Å². The summed E-state index contributed by atoms with van der Waals surface area (Å²) in [6, 6.07) is 0.745. The van der Waals surface area contributed by atoms with Crippen LogP contribution in [0.2, 0.25) is 0 Å². The number of carboxylic acids is 1. The molecule has 0 aliphatic heterocycles. The quantitative estimate of drug-likeness (QED) is 0.752. The van der Waals surface area contributed by atoms with E-state index in [1.165, 1.54) is 4.90 Å². The molecule has 1 atom stereocenters. The number of nitrogens with zero attached hydrogens (tertiary/aromatic N) is 3. The molecule has 0 saturated carbocycles. The first kappa shape index (κ1) is 18.3.